The molecule has 8 heteroatoms. The van der Waals surface area contributed by atoms with Crippen molar-refractivity contribution in [2.45, 2.75) is 0 Å². The summed E-state index contributed by atoms with van der Waals surface area (Å²) in [5, 5.41) is 3.21. The fraction of sp³-hybridized carbons (Fsp3) is 0.222. The van der Waals surface area contributed by atoms with Crippen LogP contribution < -0.4 is 14.8 Å². The number of carbonyl (C=O) groups is 2. The highest BCUT2D eigenvalue weighted by Gasteiger charge is 2.13. The molecule has 0 heterocycles. The summed E-state index contributed by atoms with van der Waals surface area (Å²) in [4.78, 5) is 23.8. The van der Waals surface area contributed by atoms with Crippen LogP contribution in [0.2, 0.25) is 10.0 Å². The van der Waals surface area contributed by atoms with Gasteiger partial charge in [-0.2, -0.15) is 0 Å². The van der Waals surface area contributed by atoms with Gasteiger partial charge in [0.15, 0.2) is 5.75 Å². The Hall–Kier alpha value is -2.44. The third-order valence-corrected chi connectivity index (χ3v) is 3.85. The number of halogens is 2. The topological polar surface area (TPSA) is 73.9 Å². The van der Waals surface area contributed by atoms with Gasteiger partial charge in [-0.3, -0.25) is 9.59 Å². The maximum Gasteiger partial charge on any atom is 0.325 e. The van der Waals surface area contributed by atoms with Gasteiger partial charge in [-0.15, -0.1) is 0 Å². The minimum atomic E-state index is -0.595. The van der Waals surface area contributed by atoms with E-state index in [4.69, 9.17) is 37.4 Å². The van der Waals surface area contributed by atoms with E-state index < -0.39 is 11.9 Å². The molecule has 0 bridgehead atoms. The quantitative estimate of drug-likeness (QED) is 0.545. The first-order chi connectivity index (χ1) is 12.5. The van der Waals surface area contributed by atoms with Crippen LogP contribution in [0.1, 0.15) is 10.4 Å². The number of para-hydroxylation sites is 2. The number of amides is 1. The van der Waals surface area contributed by atoms with Crippen LogP contribution in [0.5, 0.6) is 11.5 Å². The summed E-state index contributed by atoms with van der Waals surface area (Å²) in [5.74, 6) is -0.277. The van der Waals surface area contributed by atoms with E-state index in [9.17, 15) is 9.59 Å². The molecular weight excluding hydrogens is 381 g/mol. The van der Waals surface area contributed by atoms with Crippen molar-refractivity contribution in [3.63, 3.8) is 0 Å². The van der Waals surface area contributed by atoms with Gasteiger partial charge in [0.25, 0.3) is 5.91 Å². The number of carbonyl (C=O) groups excluding carboxylic acids is 2. The monoisotopic (exact) mass is 397 g/mol. The molecular formula is C18H17Cl2NO5. The van der Waals surface area contributed by atoms with Crippen LogP contribution in [0.3, 0.4) is 0 Å². The highest BCUT2D eigenvalue weighted by molar-refractivity contribution is 6.37. The Kier molecular flexibility index (Phi) is 7.56. The zero-order valence-electron chi connectivity index (χ0n) is 14.0. The zero-order valence-corrected chi connectivity index (χ0v) is 15.5. The van der Waals surface area contributed by atoms with E-state index in [-0.39, 0.29) is 19.8 Å². The summed E-state index contributed by atoms with van der Waals surface area (Å²) >= 11 is 11.9. The van der Waals surface area contributed by atoms with Gasteiger partial charge >= 0.3 is 5.97 Å². The third kappa shape index (κ3) is 5.54. The zero-order chi connectivity index (χ0) is 18.9. The van der Waals surface area contributed by atoms with E-state index in [1.54, 1.807) is 42.5 Å². The van der Waals surface area contributed by atoms with Crippen LogP contribution in [0.25, 0.3) is 0 Å². The number of nitrogens with one attached hydrogen (secondary N) is 1. The average molecular weight is 398 g/mol. The molecule has 1 N–H and O–H groups in total. The molecule has 0 radical (unpaired) electrons. The van der Waals surface area contributed by atoms with Crippen LogP contribution in [0.15, 0.2) is 42.5 Å². The lowest BCUT2D eigenvalue weighted by atomic mass is 10.2. The second-order valence-electron chi connectivity index (χ2n) is 5.00. The minimum Gasteiger partial charge on any atom is -0.496 e. The number of ether oxygens (including phenoxy) is 3. The number of hydrogen-bond acceptors (Lipinski definition) is 5. The minimum absolute atomic E-state index is 0.00901. The number of hydrogen-bond donors (Lipinski definition) is 1. The molecule has 26 heavy (non-hydrogen) atoms. The highest BCUT2D eigenvalue weighted by Crippen LogP contribution is 2.32. The number of rotatable bonds is 8. The molecule has 1 amide bonds. The molecule has 6 nitrogen and oxygen atoms in total. The predicted octanol–water partition coefficient (Wildman–Crippen LogP) is 3.35. The van der Waals surface area contributed by atoms with Gasteiger partial charge in [-0.1, -0.05) is 41.4 Å². The lowest BCUT2D eigenvalue weighted by Crippen LogP contribution is -2.31. The van der Waals surface area contributed by atoms with Gasteiger partial charge in [0.05, 0.1) is 22.7 Å². The van der Waals surface area contributed by atoms with E-state index in [1.165, 1.54) is 7.11 Å². The molecule has 0 fully saturated rings. The lowest BCUT2D eigenvalue weighted by molar-refractivity contribution is -0.143. The summed E-state index contributed by atoms with van der Waals surface area (Å²) in [6.07, 6.45) is 0. The first-order valence-electron chi connectivity index (χ1n) is 7.66. The molecule has 0 aromatic heterocycles. The molecule has 0 atom stereocenters. The normalized spacial score (nSPS) is 10.1. The Morgan fingerprint density at radius 2 is 1.69 bits per heavy atom. The van der Waals surface area contributed by atoms with Crippen LogP contribution in [-0.2, 0) is 9.53 Å². The smallest absolute Gasteiger partial charge is 0.325 e. The van der Waals surface area contributed by atoms with Crippen molar-refractivity contribution in [1.29, 1.82) is 0 Å². The molecule has 0 saturated heterocycles. The molecule has 0 spiro atoms. The Morgan fingerprint density at radius 3 is 2.38 bits per heavy atom. The van der Waals surface area contributed by atoms with E-state index in [2.05, 4.69) is 5.32 Å². The highest BCUT2D eigenvalue weighted by atomic mass is 35.5. The molecule has 0 aliphatic heterocycles. The Balaban J connectivity index is 1.73. The Bertz CT molecular complexity index is 762. The van der Waals surface area contributed by atoms with Gasteiger partial charge in [0.1, 0.15) is 25.5 Å². The van der Waals surface area contributed by atoms with Gasteiger partial charge < -0.3 is 19.5 Å². The summed E-state index contributed by atoms with van der Waals surface area (Å²) in [5.41, 5.74) is 0.333. The van der Waals surface area contributed by atoms with Crippen LogP contribution in [-0.4, -0.2) is 38.7 Å². The first-order valence-corrected chi connectivity index (χ1v) is 8.42. The van der Waals surface area contributed by atoms with E-state index >= 15 is 0 Å². The molecule has 0 aliphatic rings. The Labute approximate surface area is 160 Å². The van der Waals surface area contributed by atoms with Gasteiger partial charge in [0.2, 0.25) is 0 Å². The lowest BCUT2D eigenvalue weighted by Gasteiger charge is -2.11. The molecule has 138 valence electrons. The van der Waals surface area contributed by atoms with E-state index in [0.29, 0.717) is 27.1 Å². The van der Waals surface area contributed by atoms with Crippen molar-refractivity contribution in [2.24, 2.45) is 0 Å². The predicted molar refractivity (Wildman–Crippen MR) is 98.2 cm³/mol. The molecule has 2 aromatic rings. The SMILES string of the molecule is COc1ccccc1C(=O)NCC(=O)OCCOc1c(Cl)cccc1Cl. The van der Waals surface area contributed by atoms with Crippen molar-refractivity contribution in [2.75, 3.05) is 26.9 Å². The molecule has 0 saturated carbocycles. The van der Waals surface area contributed by atoms with Crippen LogP contribution >= 0.6 is 23.2 Å². The average Bonchev–Trinajstić information content (AvgIpc) is 2.65. The standard InChI is InChI=1S/C18H17Cl2NO5/c1-24-15-8-3-2-5-12(15)18(23)21-11-16(22)25-9-10-26-17-13(19)6-4-7-14(17)20/h2-8H,9-11H2,1H3,(H,21,23). The molecule has 2 aromatic carbocycles. The molecule has 0 aliphatic carbocycles. The van der Waals surface area contributed by atoms with Crippen molar-refractivity contribution < 1.29 is 23.8 Å². The third-order valence-electron chi connectivity index (χ3n) is 3.26. The summed E-state index contributed by atoms with van der Waals surface area (Å²) in [7, 11) is 1.46. The second-order valence-corrected chi connectivity index (χ2v) is 5.82. The number of esters is 1. The molecule has 2 rings (SSSR count). The summed E-state index contributed by atoms with van der Waals surface area (Å²) in [6.45, 7) is -0.204. The summed E-state index contributed by atoms with van der Waals surface area (Å²) in [6, 6.07) is 11.7. The number of methoxy groups -OCH3 is 1. The fourth-order valence-corrected chi connectivity index (χ4v) is 2.56. The van der Waals surface area contributed by atoms with E-state index in [1.807, 2.05) is 0 Å². The van der Waals surface area contributed by atoms with Crippen LogP contribution in [0.4, 0.5) is 0 Å². The largest absolute Gasteiger partial charge is 0.496 e. The van der Waals surface area contributed by atoms with E-state index in [0.717, 1.165) is 0 Å². The van der Waals surface area contributed by atoms with Gasteiger partial charge in [0, 0.05) is 0 Å². The summed E-state index contributed by atoms with van der Waals surface area (Å²) < 4.78 is 15.5. The molecule has 0 unspecified atom stereocenters. The van der Waals surface area contributed by atoms with Crippen molar-refractivity contribution >= 4 is 35.1 Å². The Morgan fingerprint density at radius 1 is 1.00 bits per heavy atom. The van der Waals surface area contributed by atoms with Gasteiger partial charge in [-0.05, 0) is 24.3 Å². The first kappa shape index (κ1) is 19.9. The van der Waals surface area contributed by atoms with Crippen LogP contribution in [0, 0.1) is 0 Å². The number of benzene rings is 2. The van der Waals surface area contributed by atoms with Crippen molar-refractivity contribution in [3.8, 4) is 11.5 Å². The maximum atomic E-state index is 12.1. The fourth-order valence-electron chi connectivity index (χ4n) is 2.05. The second kappa shape index (κ2) is 9.89. The van der Waals surface area contributed by atoms with Crippen molar-refractivity contribution in [3.05, 3.63) is 58.1 Å². The maximum absolute atomic E-state index is 12.1. The van der Waals surface area contributed by atoms with Crippen molar-refractivity contribution in [1.82, 2.24) is 5.32 Å². The van der Waals surface area contributed by atoms with Gasteiger partial charge in [-0.25, -0.2) is 0 Å².